The molecule has 0 saturated carbocycles. The maximum Gasteiger partial charge on any atom is 0.184 e. The van der Waals surface area contributed by atoms with E-state index in [9.17, 15) is 4.79 Å². The lowest BCUT2D eigenvalue weighted by Crippen LogP contribution is -2.09. The lowest BCUT2D eigenvalue weighted by molar-refractivity contribution is 0.0975. The van der Waals surface area contributed by atoms with Crippen molar-refractivity contribution < 1.29 is 4.79 Å². The van der Waals surface area contributed by atoms with E-state index in [1.165, 1.54) is 0 Å². The quantitative estimate of drug-likeness (QED) is 0.530. The third kappa shape index (κ3) is 2.16. The number of aromatic amines is 1. The van der Waals surface area contributed by atoms with Crippen molar-refractivity contribution in [2.45, 2.75) is 6.54 Å². The number of nitrogens with one attached hydrogen (secondary N) is 1. The molecule has 0 saturated heterocycles. The zero-order valence-electron chi connectivity index (χ0n) is 11.7. The maximum atomic E-state index is 12.6. The Morgan fingerprint density at radius 3 is 2.91 bits per heavy atom. The van der Waals surface area contributed by atoms with E-state index >= 15 is 0 Å². The average Bonchev–Trinajstić information content (AvgIpc) is 3.11. The Kier molecular flexibility index (Phi) is 3.12. The van der Waals surface area contributed by atoms with E-state index in [2.05, 4.69) is 27.0 Å². The van der Waals surface area contributed by atoms with Gasteiger partial charge in [0.15, 0.2) is 5.78 Å². The zero-order chi connectivity index (χ0) is 15.1. The molecule has 3 nitrogen and oxygen atoms in total. The summed E-state index contributed by atoms with van der Waals surface area (Å²) in [6, 6.07) is 16.0. The monoisotopic (exact) mass is 352 g/mol. The highest BCUT2D eigenvalue weighted by atomic mass is 79.9. The smallest absolute Gasteiger partial charge is 0.184 e. The van der Waals surface area contributed by atoms with Crippen molar-refractivity contribution in [2.75, 3.05) is 0 Å². The first-order valence-corrected chi connectivity index (χ1v) is 7.85. The molecule has 0 aliphatic carbocycles. The molecular formula is C18H13BrN2O. The van der Waals surface area contributed by atoms with Crippen LogP contribution in [0.4, 0.5) is 0 Å². The summed E-state index contributed by atoms with van der Waals surface area (Å²) < 4.78 is 3.03. The first-order chi connectivity index (χ1) is 10.7. The number of carbonyl (C=O) groups excluding carboxylic acids is 1. The summed E-state index contributed by atoms with van der Waals surface area (Å²) in [6.45, 7) is 0.340. The van der Waals surface area contributed by atoms with Gasteiger partial charge in [-0.15, -0.1) is 0 Å². The van der Waals surface area contributed by atoms with Crippen LogP contribution in [-0.2, 0) is 6.54 Å². The van der Waals surface area contributed by atoms with Crippen molar-refractivity contribution in [2.24, 2.45) is 0 Å². The summed E-state index contributed by atoms with van der Waals surface area (Å²) in [5.74, 6) is 0.109. The summed E-state index contributed by atoms with van der Waals surface area (Å²) in [5, 5.41) is 2.10. The fraction of sp³-hybridized carbons (Fsp3) is 0.0556. The Morgan fingerprint density at radius 1 is 1.14 bits per heavy atom. The second-order valence-corrected chi connectivity index (χ2v) is 6.23. The van der Waals surface area contributed by atoms with Crippen LogP contribution in [0.3, 0.4) is 0 Å². The molecular weight excluding hydrogens is 340 g/mol. The SMILES string of the molecule is O=C(Cn1ccc2cc(Br)ccc21)c1c[nH]c2ccccc12. The molecule has 0 spiro atoms. The van der Waals surface area contributed by atoms with Crippen LogP contribution in [0.25, 0.3) is 21.8 Å². The number of ketones is 1. The van der Waals surface area contributed by atoms with Gasteiger partial charge in [0.05, 0.1) is 6.54 Å². The van der Waals surface area contributed by atoms with Gasteiger partial charge < -0.3 is 9.55 Å². The van der Waals surface area contributed by atoms with Gasteiger partial charge in [0, 0.05) is 44.2 Å². The van der Waals surface area contributed by atoms with E-state index in [4.69, 9.17) is 0 Å². The molecule has 0 atom stereocenters. The highest BCUT2D eigenvalue weighted by Crippen LogP contribution is 2.23. The number of H-pyrrole nitrogens is 1. The standard InChI is InChI=1S/C18H13BrN2O/c19-13-5-6-17-12(9-13)7-8-21(17)11-18(22)15-10-20-16-4-2-1-3-14(15)16/h1-10,20H,11H2. The fourth-order valence-electron chi connectivity index (χ4n) is 2.85. The van der Waals surface area contributed by atoms with Gasteiger partial charge in [-0.1, -0.05) is 34.1 Å². The lowest BCUT2D eigenvalue weighted by atomic mass is 10.1. The molecule has 0 amide bonds. The Hall–Kier alpha value is -2.33. The summed E-state index contributed by atoms with van der Waals surface area (Å²) in [4.78, 5) is 15.8. The lowest BCUT2D eigenvalue weighted by Gasteiger charge is -2.04. The van der Waals surface area contributed by atoms with E-state index in [-0.39, 0.29) is 5.78 Å². The number of carbonyl (C=O) groups is 1. The summed E-state index contributed by atoms with van der Waals surface area (Å²) in [5.41, 5.74) is 2.80. The maximum absolute atomic E-state index is 12.6. The number of benzene rings is 2. The highest BCUT2D eigenvalue weighted by molar-refractivity contribution is 9.10. The minimum Gasteiger partial charge on any atom is -0.360 e. The fourth-order valence-corrected chi connectivity index (χ4v) is 3.23. The summed E-state index contributed by atoms with van der Waals surface area (Å²) in [6.07, 6.45) is 3.76. The minimum absolute atomic E-state index is 0.109. The first-order valence-electron chi connectivity index (χ1n) is 7.06. The second-order valence-electron chi connectivity index (χ2n) is 5.32. The normalized spacial score (nSPS) is 11.3. The number of rotatable bonds is 3. The molecule has 0 aliphatic rings. The molecule has 2 aromatic heterocycles. The van der Waals surface area contributed by atoms with E-state index < -0.39 is 0 Å². The molecule has 4 heteroatoms. The van der Waals surface area contributed by atoms with Crippen LogP contribution in [0.2, 0.25) is 0 Å². The molecule has 2 aromatic carbocycles. The molecule has 0 bridgehead atoms. The molecule has 0 radical (unpaired) electrons. The molecule has 108 valence electrons. The van der Waals surface area contributed by atoms with Gasteiger partial charge in [0.1, 0.15) is 0 Å². The van der Waals surface area contributed by atoms with Crippen molar-refractivity contribution in [1.82, 2.24) is 9.55 Å². The van der Waals surface area contributed by atoms with Crippen LogP contribution in [0.1, 0.15) is 10.4 Å². The van der Waals surface area contributed by atoms with Crippen molar-refractivity contribution >= 4 is 43.5 Å². The summed E-state index contributed by atoms with van der Waals surface area (Å²) >= 11 is 3.47. The van der Waals surface area contributed by atoms with Gasteiger partial charge in [0.2, 0.25) is 0 Å². The van der Waals surface area contributed by atoms with Crippen molar-refractivity contribution in [3.05, 3.63) is 71.0 Å². The Labute approximate surface area is 135 Å². The number of aromatic nitrogens is 2. The van der Waals surface area contributed by atoms with Crippen LogP contribution in [-0.4, -0.2) is 15.3 Å². The molecule has 1 N–H and O–H groups in total. The van der Waals surface area contributed by atoms with Crippen LogP contribution in [0.5, 0.6) is 0 Å². The number of Topliss-reactive ketones (excluding diaryl/α,β-unsaturated/α-hetero) is 1. The highest BCUT2D eigenvalue weighted by Gasteiger charge is 2.13. The molecule has 0 fully saturated rings. The van der Waals surface area contributed by atoms with Crippen molar-refractivity contribution in [3.63, 3.8) is 0 Å². The van der Waals surface area contributed by atoms with Gasteiger partial charge in [-0.3, -0.25) is 4.79 Å². The van der Waals surface area contributed by atoms with E-state index in [1.807, 2.05) is 53.2 Å². The Bertz CT molecular complexity index is 997. The molecule has 0 aliphatic heterocycles. The van der Waals surface area contributed by atoms with Crippen molar-refractivity contribution in [1.29, 1.82) is 0 Å². The molecule has 0 unspecified atom stereocenters. The van der Waals surface area contributed by atoms with Gasteiger partial charge in [-0.25, -0.2) is 0 Å². The predicted molar refractivity (Wildman–Crippen MR) is 92.3 cm³/mol. The number of nitrogens with zero attached hydrogens (tertiary/aromatic N) is 1. The van der Waals surface area contributed by atoms with Crippen LogP contribution >= 0.6 is 15.9 Å². The van der Waals surface area contributed by atoms with Crippen LogP contribution in [0, 0.1) is 0 Å². The van der Waals surface area contributed by atoms with E-state index in [0.29, 0.717) is 6.54 Å². The van der Waals surface area contributed by atoms with Crippen LogP contribution in [0.15, 0.2) is 65.4 Å². The topological polar surface area (TPSA) is 37.8 Å². The number of hydrogen-bond acceptors (Lipinski definition) is 1. The largest absolute Gasteiger partial charge is 0.360 e. The number of halogens is 1. The van der Waals surface area contributed by atoms with Gasteiger partial charge in [-0.2, -0.15) is 0 Å². The molecule has 4 rings (SSSR count). The third-order valence-corrected chi connectivity index (χ3v) is 4.43. The van der Waals surface area contributed by atoms with Crippen molar-refractivity contribution in [3.8, 4) is 0 Å². The number of para-hydroxylation sites is 1. The van der Waals surface area contributed by atoms with Gasteiger partial charge in [-0.05, 0) is 30.3 Å². The molecule has 2 heterocycles. The zero-order valence-corrected chi connectivity index (χ0v) is 13.3. The van der Waals surface area contributed by atoms with Gasteiger partial charge >= 0.3 is 0 Å². The molecule has 22 heavy (non-hydrogen) atoms. The number of fused-ring (bicyclic) bond motifs is 2. The molecule has 4 aromatic rings. The Balaban J connectivity index is 1.71. The van der Waals surface area contributed by atoms with Crippen LogP contribution < -0.4 is 0 Å². The minimum atomic E-state index is 0.109. The van der Waals surface area contributed by atoms with Gasteiger partial charge in [0.25, 0.3) is 0 Å². The second kappa shape index (κ2) is 5.14. The predicted octanol–water partition coefficient (Wildman–Crippen LogP) is 4.77. The Morgan fingerprint density at radius 2 is 2.00 bits per heavy atom. The van der Waals surface area contributed by atoms with E-state index in [0.717, 1.165) is 31.8 Å². The number of hydrogen-bond donors (Lipinski definition) is 1. The van der Waals surface area contributed by atoms with E-state index in [1.54, 1.807) is 6.20 Å². The third-order valence-electron chi connectivity index (χ3n) is 3.94. The summed E-state index contributed by atoms with van der Waals surface area (Å²) in [7, 11) is 0. The average molecular weight is 353 g/mol. The first kappa shape index (κ1) is 13.3.